The molecular weight excluding hydrogens is 226 g/mol. The molecular formula is C14H15N3O. The molecule has 0 aliphatic carbocycles. The van der Waals surface area contributed by atoms with Crippen LogP contribution in [0, 0.1) is 13.8 Å². The fraction of sp³-hybridized carbons (Fsp3) is 0.143. The molecule has 0 atom stereocenters. The van der Waals surface area contributed by atoms with Crippen molar-refractivity contribution in [1.29, 1.82) is 0 Å². The van der Waals surface area contributed by atoms with Gasteiger partial charge in [0.05, 0.1) is 5.56 Å². The van der Waals surface area contributed by atoms with E-state index in [0.29, 0.717) is 17.1 Å². The normalized spacial score (nSPS) is 10.1. The number of nitrogens with one attached hydrogen (secondary N) is 1. The Morgan fingerprint density at radius 2 is 2.00 bits per heavy atom. The van der Waals surface area contributed by atoms with Crippen molar-refractivity contribution in [3.63, 3.8) is 0 Å². The molecule has 0 bridgehead atoms. The first-order chi connectivity index (χ1) is 8.56. The maximum absolute atomic E-state index is 12.1. The summed E-state index contributed by atoms with van der Waals surface area (Å²) < 4.78 is 0. The minimum absolute atomic E-state index is 0.241. The Labute approximate surface area is 106 Å². The van der Waals surface area contributed by atoms with Crippen molar-refractivity contribution in [1.82, 2.24) is 4.98 Å². The van der Waals surface area contributed by atoms with E-state index in [1.807, 2.05) is 32.0 Å². The Morgan fingerprint density at radius 3 is 2.72 bits per heavy atom. The number of pyridine rings is 1. The smallest absolute Gasteiger partial charge is 0.258 e. The van der Waals surface area contributed by atoms with Crippen LogP contribution in [0.2, 0.25) is 0 Å². The van der Waals surface area contributed by atoms with E-state index in [-0.39, 0.29) is 5.91 Å². The highest BCUT2D eigenvalue weighted by Crippen LogP contribution is 2.15. The monoisotopic (exact) mass is 241 g/mol. The number of nitrogen functional groups attached to an aromatic ring is 1. The molecule has 1 aromatic heterocycles. The van der Waals surface area contributed by atoms with Crippen LogP contribution in [0.15, 0.2) is 36.4 Å². The van der Waals surface area contributed by atoms with Crippen molar-refractivity contribution in [3.8, 4) is 0 Å². The summed E-state index contributed by atoms with van der Waals surface area (Å²) in [5.41, 5.74) is 8.57. The van der Waals surface area contributed by atoms with Gasteiger partial charge in [0.15, 0.2) is 0 Å². The number of anilines is 2. The Hall–Kier alpha value is -2.36. The molecule has 18 heavy (non-hydrogen) atoms. The summed E-state index contributed by atoms with van der Waals surface area (Å²) in [6, 6.07) is 10.8. The van der Waals surface area contributed by atoms with Gasteiger partial charge < -0.3 is 11.1 Å². The van der Waals surface area contributed by atoms with Crippen molar-refractivity contribution >= 4 is 17.4 Å². The van der Waals surface area contributed by atoms with Gasteiger partial charge in [-0.25, -0.2) is 4.98 Å². The molecule has 4 nitrogen and oxygen atoms in total. The number of nitrogens with zero attached hydrogens (tertiary/aromatic N) is 1. The maximum atomic E-state index is 12.1. The molecule has 3 N–H and O–H groups in total. The number of benzene rings is 1. The molecule has 4 heteroatoms. The fourth-order valence-electron chi connectivity index (χ4n) is 1.66. The average molecular weight is 241 g/mol. The largest absolute Gasteiger partial charge is 0.398 e. The summed E-state index contributed by atoms with van der Waals surface area (Å²) in [4.78, 5) is 16.3. The van der Waals surface area contributed by atoms with Crippen LogP contribution in [0.4, 0.5) is 11.5 Å². The van der Waals surface area contributed by atoms with Crippen LogP contribution in [-0.4, -0.2) is 10.9 Å². The lowest BCUT2D eigenvalue weighted by atomic mass is 10.1. The summed E-state index contributed by atoms with van der Waals surface area (Å²) in [6.07, 6.45) is 0. The molecule has 1 aromatic carbocycles. The number of carbonyl (C=O) groups excluding carboxylic acids is 1. The molecule has 0 radical (unpaired) electrons. The lowest BCUT2D eigenvalue weighted by molar-refractivity contribution is 0.102. The number of nitrogens with two attached hydrogens (primary N) is 1. The highest BCUT2D eigenvalue weighted by Gasteiger charge is 2.10. The van der Waals surface area contributed by atoms with Gasteiger partial charge in [0.25, 0.3) is 5.91 Å². The minimum Gasteiger partial charge on any atom is -0.398 e. The first-order valence-corrected chi connectivity index (χ1v) is 5.67. The first kappa shape index (κ1) is 12.1. The Kier molecular flexibility index (Phi) is 3.28. The minimum atomic E-state index is -0.241. The Balaban J connectivity index is 2.24. The van der Waals surface area contributed by atoms with Crippen LogP contribution < -0.4 is 11.1 Å². The number of aromatic nitrogens is 1. The van der Waals surface area contributed by atoms with E-state index in [1.54, 1.807) is 18.2 Å². The van der Waals surface area contributed by atoms with E-state index < -0.39 is 0 Å². The zero-order chi connectivity index (χ0) is 13.1. The van der Waals surface area contributed by atoms with E-state index >= 15 is 0 Å². The summed E-state index contributed by atoms with van der Waals surface area (Å²) in [6.45, 7) is 3.79. The van der Waals surface area contributed by atoms with Crippen LogP contribution in [0.3, 0.4) is 0 Å². The van der Waals surface area contributed by atoms with Crippen LogP contribution in [0.5, 0.6) is 0 Å². The molecule has 2 rings (SSSR count). The second-order valence-corrected chi connectivity index (χ2v) is 4.21. The third-order valence-electron chi connectivity index (χ3n) is 2.58. The number of hydrogen-bond donors (Lipinski definition) is 2. The number of aryl methyl sites for hydroxylation is 2. The molecule has 1 amide bonds. The molecule has 92 valence electrons. The van der Waals surface area contributed by atoms with E-state index in [0.717, 1.165) is 11.3 Å². The van der Waals surface area contributed by atoms with Crippen LogP contribution in [0.1, 0.15) is 21.6 Å². The van der Waals surface area contributed by atoms with Gasteiger partial charge in [0, 0.05) is 11.4 Å². The quantitative estimate of drug-likeness (QED) is 0.794. The first-order valence-electron chi connectivity index (χ1n) is 5.67. The zero-order valence-corrected chi connectivity index (χ0v) is 10.4. The fourth-order valence-corrected chi connectivity index (χ4v) is 1.66. The Bertz CT molecular complexity index is 593. The highest BCUT2D eigenvalue weighted by atomic mass is 16.1. The third kappa shape index (κ3) is 2.66. The third-order valence-corrected chi connectivity index (χ3v) is 2.58. The van der Waals surface area contributed by atoms with Crippen molar-refractivity contribution < 1.29 is 4.79 Å². The average Bonchev–Trinajstić information content (AvgIpc) is 2.32. The predicted molar refractivity (Wildman–Crippen MR) is 72.5 cm³/mol. The van der Waals surface area contributed by atoms with Crippen LogP contribution in [0.25, 0.3) is 0 Å². The van der Waals surface area contributed by atoms with Gasteiger partial charge in [-0.1, -0.05) is 17.7 Å². The summed E-state index contributed by atoms with van der Waals surface area (Å²) in [5, 5.41) is 2.74. The Morgan fingerprint density at radius 1 is 1.22 bits per heavy atom. The molecule has 0 spiro atoms. The van der Waals surface area contributed by atoms with Crippen molar-refractivity contribution in [2.45, 2.75) is 13.8 Å². The zero-order valence-electron chi connectivity index (χ0n) is 10.4. The summed E-state index contributed by atoms with van der Waals surface area (Å²) >= 11 is 0. The van der Waals surface area contributed by atoms with Crippen molar-refractivity contribution in [3.05, 3.63) is 53.2 Å². The topological polar surface area (TPSA) is 68.0 Å². The molecule has 0 saturated heterocycles. The van der Waals surface area contributed by atoms with Gasteiger partial charge in [-0.05, 0) is 38.1 Å². The predicted octanol–water partition coefficient (Wildman–Crippen LogP) is 2.53. The molecule has 0 aliphatic rings. The van der Waals surface area contributed by atoms with Gasteiger partial charge in [0.1, 0.15) is 5.82 Å². The van der Waals surface area contributed by atoms with Gasteiger partial charge >= 0.3 is 0 Å². The summed E-state index contributed by atoms with van der Waals surface area (Å²) in [5.74, 6) is 0.287. The van der Waals surface area contributed by atoms with E-state index in [1.165, 1.54) is 0 Å². The van der Waals surface area contributed by atoms with E-state index in [2.05, 4.69) is 10.3 Å². The molecule has 1 heterocycles. The highest BCUT2D eigenvalue weighted by molar-refractivity contribution is 6.07. The lowest BCUT2D eigenvalue weighted by Crippen LogP contribution is -2.15. The van der Waals surface area contributed by atoms with Crippen LogP contribution in [-0.2, 0) is 0 Å². The standard InChI is InChI=1S/C14H15N3O/c1-9-6-7-12(15)11(8-9)14(18)17-13-5-3-4-10(2)16-13/h3-8H,15H2,1-2H3,(H,16,17,18). The number of amides is 1. The van der Waals surface area contributed by atoms with E-state index in [9.17, 15) is 4.79 Å². The van der Waals surface area contributed by atoms with Gasteiger partial charge in [-0.15, -0.1) is 0 Å². The maximum Gasteiger partial charge on any atom is 0.258 e. The van der Waals surface area contributed by atoms with Gasteiger partial charge in [0.2, 0.25) is 0 Å². The number of rotatable bonds is 2. The number of carbonyl (C=O) groups is 1. The molecule has 0 unspecified atom stereocenters. The number of hydrogen-bond acceptors (Lipinski definition) is 3. The SMILES string of the molecule is Cc1ccc(N)c(C(=O)Nc2cccc(C)n2)c1. The lowest BCUT2D eigenvalue weighted by Gasteiger charge is -2.08. The molecule has 2 aromatic rings. The van der Waals surface area contributed by atoms with E-state index in [4.69, 9.17) is 5.73 Å². The summed E-state index contributed by atoms with van der Waals surface area (Å²) in [7, 11) is 0. The van der Waals surface area contributed by atoms with Gasteiger partial charge in [-0.3, -0.25) is 4.79 Å². The van der Waals surface area contributed by atoms with Crippen LogP contribution >= 0.6 is 0 Å². The second-order valence-electron chi connectivity index (χ2n) is 4.21. The molecule has 0 fully saturated rings. The molecule has 0 saturated carbocycles. The van der Waals surface area contributed by atoms with Crippen molar-refractivity contribution in [2.24, 2.45) is 0 Å². The van der Waals surface area contributed by atoms with Gasteiger partial charge in [-0.2, -0.15) is 0 Å². The molecule has 0 aliphatic heterocycles. The van der Waals surface area contributed by atoms with Crippen molar-refractivity contribution in [2.75, 3.05) is 11.1 Å². The second kappa shape index (κ2) is 4.87.